The second-order valence-corrected chi connectivity index (χ2v) is 12.9. The molecular formula is C23H30F3N5O6S. The minimum atomic E-state index is -5.26. The lowest BCUT2D eigenvalue weighted by Gasteiger charge is -2.39. The summed E-state index contributed by atoms with van der Waals surface area (Å²) < 4.78 is 63.1. The summed E-state index contributed by atoms with van der Waals surface area (Å²) in [5, 5.41) is 16.6. The van der Waals surface area contributed by atoms with E-state index in [0.717, 1.165) is 0 Å². The molecule has 15 heteroatoms. The largest absolute Gasteiger partial charge is 0.471 e. The summed E-state index contributed by atoms with van der Waals surface area (Å²) >= 11 is 0. The maximum atomic E-state index is 13.7. The molecule has 2 bridgehead atoms. The molecule has 4 fully saturated rings. The maximum Gasteiger partial charge on any atom is 0.471 e. The number of piperidine rings is 1. The molecule has 4 amide bonds. The Bertz CT molecular complexity index is 1130. The van der Waals surface area contributed by atoms with E-state index in [9.17, 15) is 46.0 Å². The molecule has 11 nitrogen and oxygen atoms in total. The smallest absolute Gasteiger partial charge is 0.356 e. The van der Waals surface area contributed by atoms with Gasteiger partial charge in [0.05, 0.1) is 17.6 Å². The molecule has 1 saturated carbocycles. The number of nitrogens with zero attached hydrogens (tertiary/aromatic N) is 2. The number of sulfone groups is 1. The third-order valence-electron chi connectivity index (χ3n) is 8.14. The van der Waals surface area contributed by atoms with Crippen molar-refractivity contribution < 1.29 is 40.8 Å². The highest BCUT2D eigenvalue weighted by atomic mass is 32.2. The average Bonchev–Trinajstić information content (AvgIpc) is 3.57. The quantitative estimate of drug-likeness (QED) is 0.386. The summed E-state index contributed by atoms with van der Waals surface area (Å²) in [7, 11) is -3.40. The first-order valence-electron chi connectivity index (χ1n) is 12.7. The Labute approximate surface area is 217 Å². The Morgan fingerprint density at radius 1 is 1.11 bits per heavy atom. The number of fused-ring (bicyclic) bond motifs is 2. The van der Waals surface area contributed by atoms with E-state index in [1.165, 1.54) is 4.90 Å². The SMILES string of the molecule is N#C[C@H](C[C@@H]1CCNC1=O)NC(=O)[C@@H]1[C@H]2CC[C@H](C2)N1C(=O)[C@@H](NC(=O)C(F)(F)F)C1CCS(=O)(=O)CC1. The van der Waals surface area contributed by atoms with Crippen molar-refractivity contribution in [3.63, 3.8) is 0 Å². The monoisotopic (exact) mass is 561 g/mol. The van der Waals surface area contributed by atoms with Gasteiger partial charge in [-0.15, -0.1) is 0 Å². The van der Waals surface area contributed by atoms with Gasteiger partial charge in [0.2, 0.25) is 17.7 Å². The van der Waals surface area contributed by atoms with Crippen LogP contribution in [0.3, 0.4) is 0 Å². The van der Waals surface area contributed by atoms with Crippen LogP contribution in [0.15, 0.2) is 0 Å². The number of nitriles is 1. The molecule has 0 aromatic carbocycles. The topological polar surface area (TPSA) is 166 Å². The van der Waals surface area contributed by atoms with Crippen LogP contribution in [-0.2, 0) is 29.0 Å². The van der Waals surface area contributed by atoms with Crippen LogP contribution < -0.4 is 16.0 Å². The van der Waals surface area contributed by atoms with E-state index >= 15 is 0 Å². The Morgan fingerprint density at radius 3 is 2.37 bits per heavy atom. The summed E-state index contributed by atoms with van der Waals surface area (Å²) in [4.78, 5) is 52.1. The van der Waals surface area contributed by atoms with Crippen LogP contribution in [0, 0.1) is 29.1 Å². The number of amides is 4. The van der Waals surface area contributed by atoms with Crippen LogP contribution in [0.25, 0.3) is 0 Å². The minimum absolute atomic E-state index is 0.0870. The maximum absolute atomic E-state index is 13.7. The molecule has 38 heavy (non-hydrogen) atoms. The number of nitrogens with one attached hydrogen (secondary N) is 3. The molecule has 6 atom stereocenters. The van der Waals surface area contributed by atoms with Crippen molar-refractivity contribution in [1.82, 2.24) is 20.9 Å². The summed E-state index contributed by atoms with van der Waals surface area (Å²) in [5.41, 5.74) is 0. The van der Waals surface area contributed by atoms with Gasteiger partial charge in [-0.05, 0) is 56.8 Å². The molecular weight excluding hydrogens is 531 g/mol. The van der Waals surface area contributed by atoms with Crippen LogP contribution in [0.5, 0.6) is 0 Å². The highest BCUT2D eigenvalue weighted by Crippen LogP contribution is 2.43. The molecule has 0 spiro atoms. The van der Waals surface area contributed by atoms with Gasteiger partial charge >= 0.3 is 12.1 Å². The number of rotatable bonds is 7. The van der Waals surface area contributed by atoms with Crippen LogP contribution in [0.2, 0.25) is 0 Å². The van der Waals surface area contributed by atoms with Crippen molar-refractivity contribution in [1.29, 1.82) is 5.26 Å². The zero-order valence-electron chi connectivity index (χ0n) is 20.5. The number of carbonyl (C=O) groups excluding carboxylic acids is 4. The molecule has 0 aromatic heterocycles. The summed E-state index contributed by atoms with van der Waals surface area (Å²) in [6.07, 6.45) is -3.27. The van der Waals surface area contributed by atoms with Gasteiger partial charge < -0.3 is 20.9 Å². The molecule has 1 aliphatic carbocycles. The Morgan fingerprint density at radius 2 is 1.79 bits per heavy atom. The number of alkyl halides is 3. The predicted molar refractivity (Wildman–Crippen MR) is 124 cm³/mol. The molecule has 0 radical (unpaired) electrons. The van der Waals surface area contributed by atoms with Gasteiger partial charge in [-0.1, -0.05) is 0 Å². The van der Waals surface area contributed by atoms with Crippen LogP contribution in [-0.4, -0.2) is 85.3 Å². The third kappa shape index (κ3) is 5.89. The molecule has 3 saturated heterocycles. The van der Waals surface area contributed by atoms with E-state index < -0.39 is 69.7 Å². The van der Waals surface area contributed by atoms with E-state index in [1.807, 2.05) is 6.07 Å². The fraction of sp³-hybridized carbons (Fsp3) is 0.783. The fourth-order valence-corrected chi connectivity index (χ4v) is 7.73. The van der Waals surface area contributed by atoms with Crippen molar-refractivity contribution in [2.24, 2.45) is 17.8 Å². The first kappa shape index (κ1) is 28.1. The molecule has 4 rings (SSSR count). The van der Waals surface area contributed by atoms with Gasteiger partial charge in [-0.3, -0.25) is 19.2 Å². The molecule has 3 aliphatic heterocycles. The van der Waals surface area contributed by atoms with E-state index in [-0.39, 0.29) is 42.6 Å². The average molecular weight is 562 g/mol. The lowest BCUT2D eigenvalue weighted by Crippen LogP contribution is -2.61. The van der Waals surface area contributed by atoms with Crippen LogP contribution in [0.4, 0.5) is 13.2 Å². The van der Waals surface area contributed by atoms with E-state index in [4.69, 9.17) is 0 Å². The lowest BCUT2D eigenvalue weighted by molar-refractivity contribution is -0.176. The molecule has 0 unspecified atom stereocenters. The predicted octanol–water partition coefficient (Wildman–Crippen LogP) is -0.228. The Hall–Kier alpha value is -2.89. The van der Waals surface area contributed by atoms with E-state index in [2.05, 4.69) is 10.6 Å². The Balaban J connectivity index is 1.54. The van der Waals surface area contributed by atoms with Crippen molar-refractivity contribution in [2.75, 3.05) is 18.1 Å². The molecule has 3 N–H and O–H groups in total. The van der Waals surface area contributed by atoms with Gasteiger partial charge in [-0.25, -0.2) is 8.42 Å². The van der Waals surface area contributed by atoms with Crippen LogP contribution >= 0.6 is 0 Å². The highest BCUT2D eigenvalue weighted by Gasteiger charge is 2.54. The first-order valence-corrected chi connectivity index (χ1v) is 14.5. The fourth-order valence-electron chi connectivity index (χ4n) is 6.20. The van der Waals surface area contributed by atoms with Crippen LogP contribution in [0.1, 0.15) is 44.9 Å². The summed E-state index contributed by atoms with van der Waals surface area (Å²) in [5.74, 6) is -6.23. The number of carbonyl (C=O) groups is 4. The van der Waals surface area contributed by atoms with Gasteiger partial charge in [0.15, 0.2) is 0 Å². The first-order chi connectivity index (χ1) is 17.8. The minimum Gasteiger partial charge on any atom is -0.356 e. The standard InChI is InChI=1S/C23H30F3N5O6S/c24-23(25,26)22(35)30-17(12-4-7-38(36,37)8-5-12)21(34)31-16-2-1-13(10-16)18(31)20(33)29-15(11-27)9-14-3-6-28-19(14)32/h12-18H,1-10H2,(H,28,32)(H,29,33)(H,30,35)/t13-,14-,15-,16+,17-,18-/m0/s1. The van der Waals surface area contributed by atoms with Crippen molar-refractivity contribution in [3.05, 3.63) is 0 Å². The lowest BCUT2D eigenvalue weighted by atomic mass is 9.90. The second kappa shape index (κ2) is 10.7. The van der Waals surface area contributed by atoms with Gasteiger partial charge in [-0.2, -0.15) is 18.4 Å². The number of likely N-dealkylation sites (tertiary alicyclic amines) is 1. The van der Waals surface area contributed by atoms with Crippen molar-refractivity contribution in [2.45, 2.75) is 75.3 Å². The number of hydrogen-bond donors (Lipinski definition) is 3. The summed E-state index contributed by atoms with van der Waals surface area (Å²) in [6.45, 7) is 0.470. The normalized spacial score (nSPS) is 30.3. The zero-order valence-corrected chi connectivity index (χ0v) is 21.3. The highest BCUT2D eigenvalue weighted by molar-refractivity contribution is 7.91. The van der Waals surface area contributed by atoms with E-state index in [0.29, 0.717) is 32.2 Å². The van der Waals surface area contributed by atoms with Gasteiger partial charge in [0.25, 0.3) is 0 Å². The zero-order chi connectivity index (χ0) is 27.8. The molecule has 210 valence electrons. The second-order valence-electron chi connectivity index (χ2n) is 10.6. The van der Waals surface area contributed by atoms with E-state index in [1.54, 1.807) is 5.32 Å². The molecule has 3 heterocycles. The van der Waals surface area contributed by atoms with Gasteiger partial charge in [0, 0.05) is 18.5 Å². The molecule has 0 aromatic rings. The Kier molecular flexibility index (Phi) is 7.92. The number of halogens is 3. The summed E-state index contributed by atoms with van der Waals surface area (Å²) in [6, 6.07) is -2.17. The van der Waals surface area contributed by atoms with Crippen molar-refractivity contribution >= 4 is 33.5 Å². The third-order valence-corrected chi connectivity index (χ3v) is 9.86. The number of hydrogen-bond acceptors (Lipinski definition) is 7. The van der Waals surface area contributed by atoms with Crippen molar-refractivity contribution in [3.8, 4) is 6.07 Å². The molecule has 4 aliphatic rings. The van der Waals surface area contributed by atoms with Gasteiger partial charge in [0.1, 0.15) is 28.0 Å².